The fraction of sp³-hybridized carbons (Fsp3) is 0.727. The second-order valence-corrected chi connectivity index (χ2v) is 7.01. The molecule has 6 heteroatoms. The molecule has 2 rings (SSSR count). The molecular weight excluding hydrogens is 274 g/mol. The van der Waals surface area contributed by atoms with Crippen LogP contribution in [-0.2, 0) is 6.54 Å². The van der Waals surface area contributed by atoms with Gasteiger partial charge in [-0.05, 0) is 6.42 Å². The van der Waals surface area contributed by atoms with Crippen molar-refractivity contribution in [2.24, 2.45) is 5.73 Å². The van der Waals surface area contributed by atoms with E-state index in [1.807, 2.05) is 28.2 Å². The summed E-state index contributed by atoms with van der Waals surface area (Å²) in [6.45, 7) is 3.02. The summed E-state index contributed by atoms with van der Waals surface area (Å²) in [6.07, 6.45) is 2.76. The molecule has 1 aromatic heterocycles. The van der Waals surface area contributed by atoms with Gasteiger partial charge in [0.25, 0.3) is 0 Å². The van der Waals surface area contributed by atoms with Gasteiger partial charge in [-0.25, -0.2) is 0 Å². The highest BCUT2D eigenvalue weighted by atomic mass is 35.5. The number of nitrogens with zero attached hydrogens (tertiary/aromatic N) is 2. The van der Waals surface area contributed by atoms with Crippen LogP contribution >= 0.6 is 35.1 Å². The number of thioether (sulfide) groups is 2. The van der Waals surface area contributed by atoms with E-state index >= 15 is 0 Å². The summed E-state index contributed by atoms with van der Waals surface area (Å²) in [5, 5.41) is 5.48. The van der Waals surface area contributed by atoms with Gasteiger partial charge in [-0.2, -0.15) is 28.6 Å². The first-order valence-electron chi connectivity index (χ1n) is 5.90. The SMILES string of the molecule is CCCn1ncc(Cl)c1C(N)C1CSCCS1. The molecule has 0 bridgehead atoms. The van der Waals surface area contributed by atoms with E-state index in [1.165, 1.54) is 11.5 Å². The van der Waals surface area contributed by atoms with E-state index < -0.39 is 0 Å². The van der Waals surface area contributed by atoms with Crippen LogP contribution in [0, 0.1) is 0 Å². The van der Waals surface area contributed by atoms with E-state index in [4.69, 9.17) is 17.3 Å². The predicted molar refractivity (Wildman–Crippen MR) is 78.0 cm³/mol. The van der Waals surface area contributed by atoms with Gasteiger partial charge in [0, 0.05) is 29.1 Å². The van der Waals surface area contributed by atoms with E-state index in [9.17, 15) is 0 Å². The maximum Gasteiger partial charge on any atom is 0.0834 e. The van der Waals surface area contributed by atoms with Crippen LogP contribution in [-0.4, -0.2) is 32.3 Å². The Balaban J connectivity index is 2.16. The lowest BCUT2D eigenvalue weighted by Gasteiger charge is -2.27. The van der Waals surface area contributed by atoms with E-state index in [-0.39, 0.29) is 6.04 Å². The Morgan fingerprint density at radius 1 is 1.65 bits per heavy atom. The van der Waals surface area contributed by atoms with Crippen LogP contribution < -0.4 is 5.73 Å². The number of halogens is 1. The predicted octanol–water partition coefficient (Wildman–Crippen LogP) is 2.79. The molecule has 0 radical (unpaired) electrons. The van der Waals surface area contributed by atoms with Gasteiger partial charge in [0.05, 0.1) is 23.0 Å². The summed E-state index contributed by atoms with van der Waals surface area (Å²) in [6, 6.07) is -0.00523. The van der Waals surface area contributed by atoms with Gasteiger partial charge in [0.15, 0.2) is 0 Å². The zero-order chi connectivity index (χ0) is 12.3. The summed E-state index contributed by atoms with van der Waals surface area (Å²) in [5.41, 5.74) is 7.37. The van der Waals surface area contributed by atoms with Gasteiger partial charge >= 0.3 is 0 Å². The average molecular weight is 292 g/mol. The van der Waals surface area contributed by atoms with Crippen molar-refractivity contribution < 1.29 is 0 Å². The number of nitrogens with two attached hydrogens (primary N) is 1. The molecule has 3 nitrogen and oxygen atoms in total. The van der Waals surface area contributed by atoms with Gasteiger partial charge in [0.1, 0.15) is 0 Å². The number of rotatable bonds is 4. The molecule has 1 aliphatic heterocycles. The third kappa shape index (κ3) is 3.13. The fourth-order valence-corrected chi connectivity index (χ4v) is 5.03. The van der Waals surface area contributed by atoms with Crippen LogP contribution in [0.2, 0.25) is 5.02 Å². The molecule has 17 heavy (non-hydrogen) atoms. The van der Waals surface area contributed by atoms with Crippen molar-refractivity contribution in [1.82, 2.24) is 9.78 Å². The molecule has 1 saturated heterocycles. The molecule has 0 spiro atoms. The zero-order valence-corrected chi connectivity index (χ0v) is 12.3. The Morgan fingerprint density at radius 2 is 2.47 bits per heavy atom. The molecular formula is C11H18ClN3S2. The molecule has 96 valence electrons. The van der Waals surface area contributed by atoms with Crippen LogP contribution in [0.5, 0.6) is 0 Å². The van der Waals surface area contributed by atoms with Crippen molar-refractivity contribution in [3.63, 3.8) is 0 Å². The number of hydrogen-bond donors (Lipinski definition) is 1. The maximum atomic E-state index is 6.37. The lowest BCUT2D eigenvalue weighted by molar-refractivity contribution is 0.538. The largest absolute Gasteiger partial charge is 0.322 e. The van der Waals surface area contributed by atoms with Crippen LogP contribution in [0.1, 0.15) is 25.1 Å². The molecule has 1 aliphatic rings. The Morgan fingerprint density at radius 3 is 3.12 bits per heavy atom. The standard InChI is InChI=1S/C11H18ClN3S2/c1-2-3-15-11(8(12)6-14-15)10(13)9-7-16-4-5-17-9/h6,9-10H,2-5,7,13H2,1H3. The van der Waals surface area contributed by atoms with E-state index in [2.05, 4.69) is 12.0 Å². The number of aryl methyl sites for hydroxylation is 1. The lowest BCUT2D eigenvalue weighted by Crippen LogP contribution is -2.31. The molecule has 2 heterocycles. The smallest absolute Gasteiger partial charge is 0.0834 e. The minimum absolute atomic E-state index is 0.00523. The molecule has 2 N–H and O–H groups in total. The summed E-state index contributed by atoms with van der Waals surface area (Å²) >= 11 is 10.2. The van der Waals surface area contributed by atoms with Crippen molar-refractivity contribution in [2.45, 2.75) is 31.2 Å². The van der Waals surface area contributed by atoms with Crippen molar-refractivity contribution in [2.75, 3.05) is 17.3 Å². The summed E-state index contributed by atoms with van der Waals surface area (Å²) < 4.78 is 1.97. The quantitative estimate of drug-likeness (QED) is 0.926. The van der Waals surface area contributed by atoms with Gasteiger partial charge in [-0.15, -0.1) is 0 Å². The minimum atomic E-state index is -0.00523. The Hall–Kier alpha value is 0.160. The molecule has 1 aromatic rings. The van der Waals surface area contributed by atoms with Gasteiger partial charge in [-0.3, -0.25) is 4.68 Å². The van der Waals surface area contributed by atoms with Crippen molar-refractivity contribution in [1.29, 1.82) is 0 Å². The summed E-state index contributed by atoms with van der Waals surface area (Å²) in [7, 11) is 0. The first kappa shape index (κ1) is 13.6. The topological polar surface area (TPSA) is 43.8 Å². The highest BCUT2D eigenvalue weighted by Gasteiger charge is 2.27. The maximum absolute atomic E-state index is 6.37. The Kier molecular flexibility index (Phi) is 5.09. The van der Waals surface area contributed by atoms with Crippen LogP contribution in [0.3, 0.4) is 0 Å². The minimum Gasteiger partial charge on any atom is -0.322 e. The third-order valence-electron chi connectivity index (χ3n) is 2.83. The molecule has 0 saturated carbocycles. The summed E-state index contributed by atoms with van der Waals surface area (Å²) in [4.78, 5) is 0. The molecule has 0 aromatic carbocycles. The monoisotopic (exact) mass is 291 g/mol. The number of hydrogen-bond acceptors (Lipinski definition) is 4. The fourth-order valence-electron chi connectivity index (χ4n) is 1.98. The summed E-state index contributed by atoms with van der Waals surface area (Å²) in [5.74, 6) is 3.53. The zero-order valence-electron chi connectivity index (χ0n) is 9.93. The molecule has 1 fully saturated rings. The average Bonchev–Trinajstić information content (AvgIpc) is 2.71. The van der Waals surface area contributed by atoms with Crippen LogP contribution in [0.4, 0.5) is 0 Å². The van der Waals surface area contributed by atoms with Crippen LogP contribution in [0.25, 0.3) is 0 Å². The normalized spacial score (nSPS) is 22.6. The first-order valence-corrected chi connectivity index (χ1v) is 8.48. The highest BCUT2D eigenvalue weighted by molar-refractivity contribution is 8.06. The van der Waals surface area contributed by atoms with E-state index in [0.717, 1.165) is 24.4 Å². The first-order chi connectivity index (χ1) is 8.24. The van der Waals surface area contributed by atoms with Crippen molar-refractivity contribution in [3.05, 3.63) is 16.9 Å². The third-order valence-corrected chi connectivity index (χ3v) is 6.00. The van der Waals surface area contributed by atoms with Gasteiger partial charge in [0.2, 0.25) is 0 Å². The second-order valence-electron chi connectivity index (χ2n) is 4.11. The van der Waals surface area contributed by atoms with E-state index in [1.54, 1.807) is 6.20 Å². The van der Waals surface area contributed by atoms with Gasteiger partial charge in [-0.1, -0.05) is 18.5 Å². The van der Waals surface area contributed by atoms with Gasteiger partial charge < -0.3 is 5.73 Å². The number of aromatic nitrogens is 2. The lowest BCUT2D eigenvalue weighted by atomic mass is 10.1. The van der Waals surface area contributed by atoms with Crippen LogP contribution in [0.15, 0.2) is 6.20 Å². The second kappa shape index (κ2) is 6.36. The molecule has 2 unspecified atom stereocenters. The van der Waals surface area contributed by atoms with E-state index in [0.29, 0.717) is 10.3 Å². The van der Waals surface area contributed by atoms with Crippen molar-refractivity contribution in [3.8, 4) is 0 Å². The highest BCUT2D eigenvalue weighted by Crippen LogP contribution is 2.34. The Bertz CT molecular complexity index is 364. The Labute approximate surface area is 116 Å². The van der Waals surface area contributed by atoms with Crippen molar-refractivity contribution >= 4 is 35.1 Å². The molecule has 0 amide bonds. The molecule has 0 aliphatic carbocycles. The molecule has 2 atom stereocenters.